The fourth-order valence-corrected chi connectivity index (χ4v) is 3.60. The molecule has 2 rings (SSSR count). The highest BCUT2D eigenvalue weighted by molar-refractivity contribution is 6.44. The Kier molecular flexibility index (Phi) is 3.57. The minimum absolute atomic E-state index is 0.962. The normalized spacial score (nSPS) is 38.0. The summed E-state index contributed by atoms with van der Waals surface area (Å²) in [4.78, 5) is 0. The average Bonchev–Trinajstić information content (AvgIpc) is 2.15. The van der Waals surface area contributed by atoms with E-state index in [0.29, 0.717) is 0 Å². The van der Waals surface area contributed by atoms with Crippen molar-refractivity contribution in [2.24, 2.45) is 11.8 Å². The molecule has 1 saturated carbocycles. The van der Waals surface area contributed by atoms with Crippen molar-refractivity contribution in [1.29, 1.82) is 0 Å². The van der Waals surface area contributed by atoms with Gasteiger partial charge >= 0.3 is 0 Å². The summed E-state index contributed by atoms with van der Waals surface area (Å²) in [7, 11) is 2.68. The summed E-state index contributed by atoms with van der Waals surface area (Å²) in [6.45, 7) is 4.75. The van der Waals surface area contributed by atoms with Crippen LogP contribution in [0, 0.1) is 11.8 Å². The van der Waals surface area contributed by atoms with Gasteiger partial charge < -0.3 is 0 Å². The molecule has 0 N–H and O–H groups in total. The van der Waals surface area contributed by atoms with Crippen LogP contribution in [0.1, 0.15) is 58.8 Å². The number of hydrogen-bond acceptors (Lipinski definition) is 0. The molecular weight excluding hydrogens is 167 g/mol. The quantitative estimate of drug-likeness (QED) is 0.581. The van der Waals surface area contributed by atoms with Gasteiger partial charge in [0.2, 0.25) is 0 Å². The lowest BCUT2D eigenvalue weighted by atomic mass is 9.31. The first-order valence-corrected chi connectivity index (χ1v) is 6.66. The largest absolute Gasteiger partial charge is 0.118 e. The van der Waals surface area contributed by atoms with Gasteiger partial charge in [-0.3, -0.25) is 0 Å². The fraction of sp³-hybridized carbons (Fsp3) is 1.00. The zero-order valence-corrected chi connectivity index (χ0v) is 9.84. The summed E-state index contributed by atoms with van der Waals surface area (Å²) in [5, 5.41) is 0. The molecule has 1 saturated heterocycles. The monoisotopic (exact) mass is 191 g/mol. The Hall–Kier alpha value is 0.0649. The van der Waals surface area contributed by atoms with Crippen molar-refractivity contribution < 1.29 is 0 Å². The Bertz CT molecular complexity index is 178. The Labute approximate surface area is 90.1 Å². The topological polar surface area (TPSA) is 0 Å². The highest BCUT2D eigenvalue weighted by Gasteiger charge is 2.42. The second kappa shape index (κ2) is 4.72. The van der Waals surface area contributed by atoms with E-state index < -0.39 is 0 Å². The van der Waals surface area contributed by atoms with Crippen molar-refractivity contribution in [3.05, 3.63) is 0 Å². The van der Waals surface area contributed by atoms with Crippen LogP contribution in [0.25, 0.3) is 0 Å². The lowest BCUT2D eigenvalue weighted by Gasteiger charge is -2.48. The Morgan fingerprint density at radius 1 is 1.29 bits per heavy atom. The third-order valence-electron chi connectivity index (χ3n) is 4.38. The van der Waals surface area contributed by atoms with E-state index in [1.165, 1.54) is 44.9 Å². The summed E-state index contributed by atoms with van der Waals surface area (Å²) in [5.41, 5.74) is 0. The maximum absolute atomic E-state index is 2.68. The molecule has 1 radical (unpaired) electrons. The van der Waals surface area contributed by atoms with Crippen LogP contribution in [-0.2, 0) is 0 Å². The van der Waals surface area contributed by atoms with E-state index in [0.717, 1.165) is 23.5 Å². The SMILES string of the molecule is CCCC(C)CC1[B]C2CCCCC21. The maximum atomic E-state index is 2.68. The molecule has 2 fully saturated rings. The van der Waals surface area contributed by atoms with Crippen LogP contribution in [0.2, 0.25) is 11.6 Å². The van der Waals surface area contributed by atoms with E-state index in [1.54, 1.807) is 0 Å². The van der Waals surface area contributed by atoms with E-state index in [9.17, 15) is 0 Å². The smallest absolute Gasteiger partial charge is 0.0662 e. The van der Waals surface area contributed by atoms with E-state index in [4.69, 9.17) is 0 Å². The predicted molar refractivity (Wildman–Crippen MR) is 63.9 cm³/mol. The van der Waals surface area contributed by atoms with Gasteiger partial charge in [0.25, 0.3) is 0 Å². The second-order valence-electron chi connectivity index (χ2n) is 5.60. The van der Waals surface area contributed by atoms with Gasteiger partial charge in [-0.25, -0.2) is 0 Å². The molecule has 0 bridgehead atoms. The summed E-state index contributed by atoms with van der Waals surface area (Å²) < 4.78 is 0. The first-order chi connectivity index (χ1) is 6.81. The van der Waals surface area contributed by atoms with E-state index >= 15 is 0 Å². The molecule has 1 aliphatic heterocycles. The molecular formula is C13H24B. The fourth-order valence-electron chi connectivity index (χ4n) is 3.60. The lowest BCUT2D eigenvalue weighted by Crippen LogP contribution is -2.39. The summed E-state index contributed by atoms with van der Waals surface area (Å²) in [6, 6.07) is 0. The van der Waals surface area contributed by atoms with Crippen molar-refractivity contribution in [2.45, 2.75) is 70.4 Å². The van der Waals surface area contributed by atoms with Gasteiger partial charge in [-0.1, -0.05) is 70.4 Å². The van der Waals surface area contributed by atoms with Crippen molar-refractivity contribution >= 4 is 7.28 Å². The van der Waals surface area contributed by atoms with Gasteiger partial charge in [0.05, 0.1) is 0 Å². The Morgan fingerprint density at radius 3 is 2.79 bits per heavy atom. The van der Waals surface area contributed by atoms with Gasteiger partial charge in [-0.05, 0) is 11.8 Å². The third kappa shape index (κ3) is 2.17. The number of hydrogen-bond donors (Lipinski definition) is 0. The number of rotatable bonds is 4. The van der Waals surface area contributed by atoms with Crippen molar-refractivity contribution in [2.75, 3.05) is 0 Å². The van der Waals surface area contributed by atoms with Gasteiger partial charge in [-0.2, -0.15) is 0 Å². The first-order valence-electron chi connectivity index (χ1n) is 6.66. The standard InChI is InChI=1S/C13H24B/c1-3-6-10(2)9-13-11-7-4-5-8-12(11)14-13/h10-13H,3-9H2,1-2H3. The van der Waals surface area contributed by atoms with Gasteiger partial charge in [0, 0.05) is 0 Å². The minimum Gasteiger partial charge on any atom is -0.0662 e. The number of fused-ring (bicyclic) bond motifs is 1. The highest BCUT2D eigenvalue weighted by Crippen LogP contribution is 2.53. The molecule has 0 nitrogen and oxygen atoms in total. The summed E-state index contributed by atoms with van der Waals surface area (Å²) in [6.07, 6.45) is 10.3. The second-order valence-corrected chi connectivity index (χ2v) is 5.60. The molecule has 0 aromatic carbocycles. The van der Waals surface area contributed by atoms with E-state index in [1.807, 2.05) is 0 Å². The van der Waals surface area contributed by atoms with Crippen LogP contribution < -0.4 is 0 Å². The lowest BCUT2D eigenvalue weighted by molar-refractivity contribution is 0.263. The molecule has 2 aliphatic rings. The molecule has 1 heterocycles. The summed E-state index contributed by atoms with van der Waals surface area (Å²) >= 11 is 0. The Balaban J connectivity index is 1.72. The van der Waals surface area contributed by atoms with Crippen molar-refractivity contribution in [3.8, 4) is 0 Å². The van der Waals surface area contributed by atoms with Crippen LogP contribution in [0.15, 0.2) is 0 Å². The zero-order valence-electron chi connectivity index (χ0n) is 9.84. The molecule has 1 aliphatic carbocycles. The average molecular weight is 191 g/mol. The minimum atomic E-state index is 0.962. The molecule has 0 amide bonds. The molecule has 14 heavy (non-hydrogen) atoms. The maximum Gasteiger partial charge on any atom is 0.118 e. The molecule has 4 unspecified atom stereocenters. The van der Waals surface area contributed by atoms with Crippen molar-refractivity contribution in [3.63, 3.8) is 0 Å². The van der Waals surface area contributed by atoms with Crippen LogP contribution >= 0.6 is 0 Å². The predicted octanol–water partition coefficient (Wildman–Crippen LogP) is 4.30. The molecule has 79 valence electrons. The van der Waals surface area contributed by atoms with Crippen LogP contribution in [0.4, 0.5) is 0 Å². The molecule has 0 aromatic heterocycles. The van der Waals surface area contributed by atoms with Crippen LogP contribution in [0.3, 0.4) is 0 Å². The highest BCUT2D eigenvalue weighted by atomic mass is 14.4. The first kappa shape index (κ1) is 10.6. The molecule has 0 spiro atoms. The zero-order chi connectivity index (χ0) is 9.97. The molecule has 0 aromatic rings. The molecule has 4 atom stereocenters. The third-order valence-corrected chi connectivity index (χ3v) is 4.38. The van der Waals surface area contributed by atoms with Crippen LogP contribution in [0.5, 0.6) is 0 Å². The van der Waals surface area contributed by atoms with Gasteiger partial charge in [0.15, 0.2) is 0 Å². The van der Waals surface area contributed by atoms with Crippen molar-refractivity contribution in [1.82, 2.24) is 0 Å². The summed E-state index contributed by atoms with van der Waals surface area (Å²) in [5.74, 6) is 4.09. The van der Waals surface area contributed by atoms with Gasteiger partial charge in [0.1, 0.15) is 7.28 Å². The molecule has 1 heteroatoms. The van der Waals surface area contributed by atoms with E-state index in [2.05, 4.69) is 21.1 Å². The Morgan fingerprint density at radius 2 is 2.07 bits per heavy atom. The van der Waals surface area contributed by atoms with E-state index in [-0.39, 0.29) is 0 Å². The van der Waals surface area contributed by atoms with Crippen LogP contribution in [-0.4, -0.2) is 7.28 Å². The van der Waals surface area contributed by atoms with Gasteiger partial charge in [-0.15, -0.1) is 0 Å².